The van der Waals surface area contributed by atoms with Gasteiger partial charge in [-0.15, -0.1) is 0 Å². The smallest absolute Gasteiger partial charge is 0.354 e. The van der Waals surface area contributed by atoms with Gasteiger partial charge in [-0.05, 0) is 29.3 Å². The van der Waals surface area contributed by atoms with Crippen molar-refractivity contribution in [2.75, 3.05) is 14.2 Å². The average molecular weight is 384 g/mol. The van der Waals surface area contributed by atoms with Crippen molar-refractivity contribution >= 4 is 5.97 Å². The molecule has 1 aromatic carbocycles. The maximum absolute atomic E-state index is 13.9. The van der Waals surface area contributed by atoms with Gasteiger partial charge in [-0.3, -0.25) is 0 Å². The van der Waals surface area contributed by atoms with Gasteiger partial charge < -0.3 is 30.4 Å². The molecule has 2 aromatic rings. The SMILES string of the molecule is CNCc1[nH]c(C(=O)OC)c(C(F)F)c1-c1ccc(CO)c(CO)c1CO. The number of alkyl halides is 2. The predicted molar refractivity (Wildman–Crippen MR) is 93.1 cm³/mol. The van der Waals surface area contributed by atoms with Crippen molar-refractivity contribution in [3.8, 4) is 11.1 Å². The van der Waals surface area contributed by atoms with Crippen LogP contribution in [0.25, 0.3) is 11.1 Å². The highest BCUT2D eigenvalue weighted by Gasteiger charge is 2.30. The Balaban J connectivity index is 2.88. The maximum atomic E-state index is 13.9. The molecule has 0 fully saturated rings. The summed E-state index contributed by atoms with van der Waals surface area (Å²) in [4.78, 5) is 14.7. The topological polar surface area (TPSA) is 115 Å². The van der Waals surface area contributed by atoms with Crippen LogP contribution < -0.4 is 5.32 Å². The second-order valence-corrected chi connectivity index (χ2v) is 5.79. The van der Waals surface area contributed by atoms with Crippen LogP contribution in [0.5, 0.6) is 0 Å². The number of rotatable bonds is 8. The van der Waals surface area contributed by atoms with E-state index in [0.29, 0.717) is 11.3 Å². The fourth-order valence-electron chi connectivity index (χ4n) is 3.17. The van der Waals surface area contributed by atoms with Crippen LogP contribution in [0.1, 0.15) is 44.9 Å². The highest BCUT2D eigenvalue weighted by Crippen LogP contribution is 2.40. The van der Waals surface area contributed by atoms with Gasteiger partial charge in [-0.1, -0.05) is 12.1 Å². The van der Waals surface area contributed by atoms with Crippen molar-refractivity contribution < 1.29 is 33.6 Å². The van der Waals surface area contributed by atoms with Crippen molar-refractivity contribution in [3.05, 3.63) is 45.8 Å². The number of aromatic nitrogens is 1. The van der Waals surface area contributed by atoms with Gasteiger partial charge in [0, 0.05) is 17.8 Å². The largest absolute Gasteiger partial charge is 0.464 e. The van der Waals surface area contributed by atoms with Crippen LogP contribution >= 0.6 is 0 Å². The summed E-state index contributed by atoms with van der Waals surface area (Å²) >= 11 is 0. The van der Waals surface area contributed by atoms with E-state index >= 15 is 0 Å². The lowest BCUT2D eigenvalue weighted by Gasteiger charge is -2.17. The van der Waals surface area contributed by atoms with Crippen LogP contribution in [0.4, 0.5) is 8.78 Å². The molecule has 0 aliphatic carbocycles. The van der Waals surface area contributed by atoms with Gasteiger partial charge in [0.05, 0.1) is 32.5 Å². The summed E-state index contributed by atoms with van der Waals surface area (Å²) in [6.45, 7) is -1.26. The maximum Gasteiger partial charge on any atom is 0.354 e. The molecule has 0 unspecified atom stereocenters. The third-order valence-electron chi connectivity index (χ3n) is 4.36. The summed E-state index contributed by atoms with van der Waals surface area (Å²) in [6.07, 6.45) is -2.99. The molecule has 0 aliphatic rings. The number of methoxy groups -OCH3 is 1. The zero-order valence-electron chi connectivity index (χ0n) is 15.0. The van der Waals surface area contributed by atoms with Crippen LogP contribution in [0.15, 0.2) is 12.1 Å². The summed E-state index contributed by atoms with van der Waals surface area (Å²) in [5.74, 6) is -0.936. The van der Waals surface area contributed by atoms with E-state index < -0.39 is 31.2 Å². The number of aliphatic hydroxyl groups excluding tert-OH is 3. The Morgan fingerprint density at radius 1 is 1.19 bits per heavy atom. The molecule has 1 heterocycles. The van der Waals surface area contributed by atoms with E-state index in [4.69, 9.17) is 0 Å². The zero-order chi connectivity index (χ0) is 20.1. The lowest BCUT2D eigenvalue weighted by molar-refractivity contribution is 0.0583. The number of carbonyl (C=O) groups excluding carboxylic acids is 1. The first-order chi connectivity index (χ1) is 12.9. The quantitative estimate of drug-likeness (QED) is 0.442. The highest BCUT2D eigenvalue weighted by molar-refractivity contribution is 5.93. The third-order valence-corrected chi connectivity index (χ3v) is 4.36. The van der Waals surface area contributed by atoms with Crippen molar-refractivity contribution in [3.63, 3.8) is 0 Å². The van der Waals surface area contributed by atoms with Crippen molar-refractivity contribution in [2.24, 2.45) is 0 Å². The van der Waals surface area contributed by atoms with Crippen LogP contribution in [0.2, 0.25) is 0 Å². The summed E-state index contributed by atoms with van der Waals surface area (Å²) < 4.78 is 32.4. The standard InChI is InChI=1S/C18H22F2N2O5/c1-21-5-13-14(15(17(19)20)16(22-13)18(26)27-2)10-4-3-9(6-23)11(7-24)12(10)8-25/h3-4,17,21-25H,5-8H2,1-2H3. The summed E-state index contributed by atoms with van der Waals surface area (Å²) in [5, 5.41) is 31.7. The number of hydrogen-bond donors (Lipinski definition) is 5. The van der Waals surface area contributed by atoms with Crippen LogP contribution in [0.3, 0.4) is 0 Å². The van der Waals surface area contributed by atoms with Crippen molar-refractivity contribution in [2.45, 2.75) is 32.8 Å². The number of esters is 1. The number of hydrogen-bond acceptors (Lipinski definition) is 6. The van der Waals surface area contributed by atoms with Gasteiger partial charge in [0.15, 0.2) is 0 Å². The molecule has 0 atom stereocenters. The zero-order valence-corrected chi connectivity index (χ0v) is 15.0. The molecular weight excluding hydrogens is 362 g/mol. The Morgan fingerprint density at radius 2 is 1.85 bits per heavy atom. The summed E-state index contributed by atoms with van der Waals surface area (Å²) in [6, 6.07) is 2.97. The number of carbonyl (C=O) groups is 1. The molecule has 0 radical (unpaired) electrons. The highest BCUT2D eigenvalue weighted by atomic mass is 19.3. The fourth-order valence-corrected chi connectivity index (χ4v) is 3.17. The van der Waals surface area contributed by atoms with Gasteiger partial charge in [-0.25, -0.2) is 13.6 Å². The van der Waals surface area contributed by atoms with Gasteiger partial charge >= 0.3 is 5.97 Å². The molecule has 27 heavy (non-hydrogen) atoms. The Morgan fingerprint density at radius 3 is 2.33 bits per heavy atom. The summed E-state index contributed by atoms with van der Waals surface area (Å²) in [5.41, 5.74) is 0.545. The van der Waals surface area contributed by atoms with Crippen LogP contribution in [-0.4, -0.2) is 40.4 Å². The molecule has 0 bridgehead atoms. The van der Waals surface area contributed by atoms with Crippen LogP contribution in [0, 0.1) is 0 Å². The first-order valence-corrected chi connectivity index (χ1v) is 8.17. The number of benzene rings is 1. The van der Waals surface area contributed by atoms with Crippen molar-refractivity contribution in [1.82, 2.24) is 10.3 Å². The number of aromatic amines is 1. The predicted octanol–water partition coefficient (Wildman–Crippen LogP) is 1.60. The fraction of sp³-hybridized carbons (Fsp3) is 0.389. The van der Waals surface area contributed by atoms with E-state index in [2.05, 4.69) is 15.0 Å². The van der Waals surface area contributed by atoms with Gasteiger partial charge in [0.25, 0.3) is 6.43 Å². The summed E-state index contributed by atoms with van der Waals surface area (Å²) in [7, 11) is 2.71. The minimum Gasteiger partial charge on any atom is -0.464 e. The third kappa shape index (κ3) is 3.86. The number of H-pyrrole nitrogens is 1. The minimum atomic E-state index is -2.99. The molecule has 2 rings (SSSR count). The Hall–Kier alpha value is -2.33. The Bertz CT molecular complexity index is 821. The second-order valence-electron chi connectivity index (χ2n) is 5.79. The van der Waals surface area contributed by atoms with E-state index in [1.807, 2.05) is 0 Å². The van der Waals surface area contributed by atoms with E-state index in [1.165, 1.54) is 12.1 Å². The molecule has 0 saturated heterocycles. The number of halogens is 2. The number of ether oxygens (including phenoxy) is 1. The molecule has 5 N–H and O–H groups in total. The molecule has 7 nitrogen and oxygen atoms in total. The van der Waals surface area contributed by atoms with Crippen molar-refractivity contribution in [1.29, 1.82) is 0 Å². The molecule has 148 valence electrons. The van der Waals surface area contributed by atoms with E-state index in [-0.39, 0.29) is 41.1 Å². The molecule has 0 amide bonds. The molecule has 0 spiro atoms. The van der Waals surface area contributed by atoms with Crippen LogP contribution in [-0.2, 0) is 31.1 Å². The minimum absolute atomic E-state index is 0.0583. The average Bonchev–Trinajstić information content (AvgIpc) is 3.05. The number of aliphatic hydroxyl groups is 3. The van der Waals surface area contributed by atoms with Gasteiger partial charge in [-0.2, -0.15) is 0 Å². The molecule has 0 saturated carbocycles. The second kappa shape index (κ2) is 9.05. The molecular formula is C18H22F2N2O5. The number of nitrogens with one attached hydrogen (secondary N) is 2. The lowest BCUT2D eigenvalue weighted by atomic mass is 9.90. The first kappa shape index (κ1) is 21.0. The van der Waals surface area contributed by atoms with E-state index in [1.54, 1.807) is 7.05 Å². The van der Waals surface area contributed by atoms with E-state index in [0.717, 1.165) is 7.11 Å². The molecule has 0 aliphatic heterocycles. The first-order valence-electron chi connectivity index (χ1n) is 8.17. The molecule has 9 heteroatoms. The van der Waals surface area contributed by atoms with Gasteiger partial charge in [0.1, 0.15) is 5.69 Å². The normalized spacial score (nSPS) is 11.3. The lowest BCUT2D eigenvalue weighted by Crippen LogP contribution is -2.08. The van der Waals surface area contributed by atoms with E-state index in [9.17, 15) is 28.9 Å². The van der Waals surface area contributed by atoms with Gasteiger partial charge in [0.2, 0.25) is 0 Å². The Kier molecular flexibility index (Phi) is 7.03. The monoisotopic (exact) mass is 384 g/mol. The Labute approximate surface area is 154 Å². The molecule has 1 aromatic heterocycles.